The van der Waals surface area contributed by atoms with Crippen molar-refractivity contribution < 1.29 is 17.7 Å². The first kappa shape index (κ1) is 19.8. The molecule has 5 nitrogen and oxygen atoms in total. The molecule has 0 amide bonds. The minimum absolute atomic E-state index is 0.0581. The summed E-state index contributed by atoms with van der Waals surface area (Å²) in [6, 6.07) is 9.99. The molecule has 0 saturated carbocycles. The van der Waals surface area contributed by atoms with Crippen molar-refractivity contribution in [1.29, 1.82) is 0 Å². The van der Waals surface area contributed by atoms with Crippen LogP contribution < -0.4 is 4.90 Å². The van der Waals surface area contributed by atoms with E-state index in [0.29, 0.717) is 17.9 Å². The van der Waals surface area contributed by atoms with E-state index in [2.05, 4.69) is 15.1 Å². The SMILES string of the molecule is C[C@H]1CCCCN1c1ccc(-c2nc(-c3ccc4c(c3)N=CC4)no2)cc1C(F)(F)F. The second kappa shape index (κ2) is 7.51. The maximum Gasteiger partial charge on any atom is 0.418 e. The second-order valence-electron chi connectivity index (χ2n) is 8.05. The van der Waals surface area contributed by atoms with E-state index < -0.39 is 11.7 Å². The number of rotatable bonds is 3. The highest BCUT2D eigenvalue weighted by atomic mass is 19.4. The number of alkyl halides is 3. The fourth-order valence-electron chi connectivity index (χ4n) is 4.30. The standard InChI is InChI=1S/C23H21F3N4O/c1-14-4-2-3-11-30(14)20-8-7-17(12-18(20)23(24,25)26)22-28-21(29-31-22)16-6-5-15-9-10-27-19(15)13-16/h5-8,10,12-14H,2-4,9,11H2,1H3/t14-/m0/s1. The first-order valence-electron chi connectivity index (χ1n) is 10.4. The molecule has 2 aliphatic rings. The van der Waals surface area contributed by atoms with Gasteiger partial charge in [0.2, 0.25) is 5.82 Å². The third kappa shape index (κ3) is 3.71. The molecular weight excluding hydrogens is 405 g/mol. The molecule has 5 rings (SSSR count). The van der Waals surface area contributed by atoms with Crippen LogP contribution in [0.5, 0.6) is 0 Å². The van der Waals surface area contributed by atoms with Crippen LogP contribution in [0.25, 0.3) is 22.8 Å². The summed E-state index contributed by atoms with van der Waals surface area (Å²) in [6.07, 6.45) is 0.951. The topological polar surface area (TPSA) is 54.5 Å². The largest absolute Gasteiger partial charge is 0.418 e. The Morgan fingerprint density at radius 1 is 1.06 bits per heavy atom. The Kier molecular flexibility index (Phi) is 4.79. The summed E-state index contributed by atoms with van der Waals surface area (Å²) < 4.78 is 47.1. The van der Waals surface area contributed by atoms with Crippen LogP contribution in [0.2, 0.25) is 0 Å². The number of halogens is 3. The number of benzene rings is 2. The number of hydrogen-bond acceptors (Lipinski definition) is 5. The quantitative estimate of drug-likeness (QED) is 0.511. The van der Waals surface area contributed by atoms with Crippen LogP contribution in [0.15, 0.2) is 45.9 Å². The van der Waals surface area contributed by atoms with E-state index in [1.807, 2.05) is 36.2 Å². The molecule has 31 heavy (non-hydrogen) atoms. The molecule has 2 aliphatic heterocycles. The van der Waals surface area contributed by atoms with Crippen LogP contribution in [-0.4, -0.2) is 28.9 Å². The molecule has 3 aromatic rings. The Labute approximate surface area is 177 Å². The zero-order valence-electron chi connectivity index (χ0n) is 17.0. The highest BCUT2D eigenvalue weighted by Gasteiger charge is 2.37. The van der Waals surface area contributed by atoms with Gasteiger partial charge in [-0.05, 0) is 56.0 Å². The molecule has 1 aromatic heterocycles. The predicted molar refractivity (Wildman–Crippen MR) is 113 cm³/mol. The number of hydrogen-bond donors (Lipinski definition) is 0. The van der Waals surface area contributed by atoms with E-state index in [-0.39, 0.29) is 23.2 Å². The fourth-order valence-corrected chi connectivity index (χ4v) is 4.30. The van der Waals surface area contributed by atoms with Crippen LogP contribution in [-0.2, 0) is 12.6 Å². The molecule has 1 fully saturated rings. The van der Waals surface area contributed by atoms with Gasteiger partial charge in [0.05, 0.1) is 11.3 Å². The summed E-state index contributed by atoms with van der Waals surface area (Å²) in [5.74, 6) is 0.380. The van der Waals surface area contributed by atoms with E-state index in [0.717, 1.165) is 43.0 Å². The van der Waals surface area contributed by atoms with Gasteiger partial charge in [-0.25, -0.2) is 0 Å². The van der Waals surface area contributed by atoms with Gasteiger partial charge in [-0.2, -0.15) is 18.2 Å². The number of anilines is 1. The average Bonchev–Trinajstić information content (AvgIpc) is 3.42. The molecule has 0 unspecified atom stereocenters. The minimum atomic E-state index is -4.48. The van der Waals surface area contributed by atoms with Crippen LogP contribution >= 0.6 is 0 Å². The van der Waals surface area contributed by atoms with Gasteiger partial charge in [0, 0.05) is 42.0 Å². The zero-order valence-corrected chi connectivity index (χ0v) is 17.0. The summed E-state index contributed by atoms with van der Waals surface area (Å²) in [6.45, 7) is 2.59. The van der Waals surface area contributed by atoms with Gasteiger partial charge in [0.15, 0.2) is 0 Å². The lowest BCUT2D eigenvalue weighted by molar-refractivity contribution is -0.137. The van der Waals surface area contributed by atoms with Crippen molar-refractivity contribution in [3.63, 3.8) is 0 Å². The van der Waals surface area contributed by atoms with Gasteiger partial charge in [-0.15, -0.1) is 0 Å². The van der Waals surface area contributed by atoms with Crippen LogP contribution in [0.4, 0.5) is 24.5 Å². The van der Waals surface area contributed by atoms with Crippen molar-refractivity contribution in [1.82, 2.24) is 10.1 Å². The summed E-state index contributed by atoms with van der Waals surface area (Å²) >= 11 is 0. The molecule has 8 heteroatoms. The smallest absolute Gasteiger partial charge is 0.368 e. The molecular formula is C23H21F3N4O. The first-order valence-corrected chi connectivity index (χ1v) is 10.4. The Morgan fingerprint density at radius 2 is 1.90 bits per heavy atom. The summed E-state index contributed by atoms with van der Waals surface area (Å²) in [7, 11) is 0. The molecule has 0 bridgehead atoms. The van der Waals surface area contributed by atoms with Crippen LogP contribution in [0, 0.1) is 0 Å². The zero-order chi connectivity index (χ0) is 21.6. The average molecular weight is 426 g/mol. The summed E-state index contributed by atoms with van der Waals surface area (Å²) in [5.41, 5.74) is 2.46. The highest BCUT2D eigenvalue weighted by molar-refractivity contribution is 5.78. The molecule has 2 aromatic carbocycles. The maximum atomic E-state index is 13.9. The van der Waals surface area contributed by atoms with E-state index >= 15 is 0 Å². The molecule has 1 saturated heterocycles. The molecule has 3 heterocycles. The van der Waals surface area contributed by atoms with Crippen molar-refractivity contribution in [2.75, 3.05) is 11.4 Å². The molecule has 0 spiro atoms. The lowest BCUT2D eigenvalue weighted by atomic mass is 9.99. The maximum absolute atomic E-state index is 13.9. The molecule has 0 N–H and O–H groups in total. The van der Waals surface area contributed by atoms with Crippen molar-refractivity contribution in [3.05, 3.63) is 47.5 Å². The Hall–Kier alpha value is -3.16. The summed E-state index contributed by atoms with van der Waals surface area (Å²) in [4.78, 5) is 10.5. The molecule has 0 radical (unpaired) electrons. The second-order valence-corrected chi connectivity index (χ2v) is 8.05. The lowest BCUT2D eigenvalue weighted by Crippen LogP contribution is -2.38. The van der Waals surface area contributed by atoms with Crippen molar-refractivity contribution >= 4 is 17.6 Å². The number of piperidine rings is 1. The van der Waals surface area contributed by atoms with E-state index in [4.69, 9.17) is 4.52 Å². The third-order valence-corrected chi connectivity index (χ3v) is 5.97. The van der Waals surface area contributed by atoms with Gasteiger partial charge >= 0.3 is 6.18 Å². The molecule has 1 atom stereocenters. The molecule has 0 aliphatic carbocycles. The van der Waals surface area contributed by atoms with Crippen molar-refractivity contribution in [2.45, 2.75) is 44.8 Å². The third-order valence-electron chi connectivity index (χ3n) is 5.97. The highest BCUT2D eigenvalue weighted by Crippen LogP contribution is 2.41. The van der Waals surface area contributed by atoms with Crippen molar-refractivity contribution in [3.8, 4) is 22.8 Å². The van der Waals surface area contributed by atoms with E-state index in [1.54, 1.807) is 6.07 Å². The van der Waals surface area contributed by atoms with Gasteiger partial charge in [-0.1, -0.05) is 17.3 Å². The number of aliphatic imine (C=N–C) groups is 1. The number of fused-ring (bicyclic) bond motifs is 1. The Morgan fingerprint density at radius 3 is 2.71 bits per heavy atom. The van der Waals surface area contributed by atoms with Gasteiger partial charge in [-0.3, -0.25) is 4.99 Å². The number of nitrogens with zero attached hydrogens (tertiary/aromatic N) is 4. The normalized spacial score (nSPS) is 18.5. The van der Waals surface area contributed by atoms with E-state index in [9.17, 15) is 13.2 Å². The summed E-state index contributed by atoms with van der Waals surface area (Å²) in [5, 5.41) is 3.97. The Balaban J connectivity index is 1.50. The van der Waals surface area contributed by atoms with E-state index in [1.165, 1.54) is 6.07 Å². The van der Waals surface area contributed by atoms with Gasteiger partial charge in [0.25, 0.3) is 5.89 Å². The molecule has 160 valence electrons. The van der Waals surface area contributed by atoms with Crippen LogP contribution in [0.3, 0.4) is 0 Å². The van der Waals surface area contributed by atoms with Crippen LogP contribution in [0.1, 0.15) is 37.3 Å². The minimum Gasteiger partial charge on any atom is -0.368 e. The van der Waals surface area contributed by atoms with Gasteiger partial charge in [0.1, 0.15) is 0 Å². The first-order chi connectivity index (χ1) is 14.9. The van der Waals surface area contributed by atoms with Crippen molar-refractivity contribution in [2.24, 2.45) is 4.99 Å². The Bertz CT molecular complexity index is 1150. The monoisotopic (exact) mass is 426 g/mol. The fraction of sp³-hybridized carbons (Fsp3) is 0.348. The van der Waals surface area contributed by atoms with Gasteiger partial charge < -0.3 is 9.42 Å². The number of aromatic nitrogens is 2. The lowest BCUT2D eigenvalue weighted by Gasteiger charge is -2.37. The predicted octanol–water partition coefficient (Wildman–Crippen LogP) is 6.06.